The number of oxazole rings is 1. The largest absolute Gasteiger partial charge is 0.445 e. The molecule has 1 aliphatic carbocycles. The lowest BCUT2D eigenvalue weighted by Gasteiger charge is -2.14. The Kier molecular flexibility index (Phi) is 3.49. The summed E-state index contributed by atoms with van der Waals surface area (Å²) < 4.78 is 44.5. The summed E-state index contributed by atoms with van der Waals surface area (Å²) in [5.41, 5.74) is 6.18. The predicted molar refractivity (Wildman–Crippen MR) is 70.8 cm³/mol. The third-order valence-corrected chi connectivity index (χ3v) is 3.68. The Balaban J connectivity index is 1.88. The molecule has 112 valence electrons. The van der Waals surface area contributed by atoms with Crippen molar-refractivity contribution in [3.8, 4) is 0 Å². The summed E-state index contributed by atoms with van der Waals surface area (Å²) in [6, 6.07) is 5.55. The molecule has 0 saturated heterocycles. The van der Waals surface area contributed by atoms with Gasteiger partial charge in [0, 0.05) is 25.3 Å². The molecule has 3 rings (SSSR count). The van der Waals surface area contributed by atoms with Gasteiger partial charge in [0.2, 0.25) is 0 Å². The van der Waals surface area contributed by atoms with Gasteiger partial charge in [0.15, 0.2) is 5.89 Å². The summed E-state index contributed by atoms with van der Waals surface area (Å²) in [6.45, 7) is 0. The van der Waals surface area contributed by atoms with Crippen molar-refractivity contribution in [1.29, 1.82) is 0 Å². The smallest absolute Gasteiger partial charge is 0.416 e. The minimum Gasteiger partial charge on any atom is -0.445 e. The third kappa shape index (κ3) is 2.95. The van der Waals surface area contributed by atoms with Gasteiger partial charge in [0.25, 0.3) is 0 Å². The molecule has 3 nitrogen and oxygen atoms in total. The first-order valence-electron chi connectivity index (χ1n) is 6.81. The summed E-state index contributed by atoms with van der Waals surface area (Å²) in [6.07, 6.45) is -2.19. The molecule has 1 atom stereocenters. The first-order valence-corrected chi connectivity index (χ1v) is 6.81. The van der Waals surface area contributed by atoms with E-state index < -0.39 is 11.7 Å². The van der Waals surface area contributed by atoms with Crippen LogP contribution in [0.5, 0.6) is 0 Å². The van der Waals surface area contributed by atoms with Crippen LogP contribution >= 0.6 is 0 Å². The zero-order valence-electron chi connectivity index (χ0n) is 11.3. The molecular weight excluding hydrogens is 281 g/mol. The van der Waals surface area contributed by atoms with Crippen molar-refractivity contribution in [2.45, 2.75) is 37.9 Å². The fourth-order valence-electron chi connectivity index (χ4n) is 2.65. The first kappa shape index (κ1) is 14.1. The summed E-state index contributed by atoms with van der Waals surface area (Å²) in [7, 11) is 0. The highest BCUT2D eigenvalue weighted by molar-refractivity contribution is 5.32. The SMILES string of the molecule is NC1CCc2oc(Cc3ccccc3C(F)(F)F)nc2C1. The molecule has 0 fully saturated rings. The average molecular weight is 296 g/mol. The van der Waals surface area contributed by atoms with Crippen LogP contribution in [-0.2, 0) is 25.4 Å². The van der Waals surface area contributed by atoms with Crippen molar-refractivity contribution < 1.29 is 17.6 Å². The number of fused-ring (bicyclic) bond motifs is 1. The molecular formula is C15H15F3N2O. The Bertz CT molecular complexity index is 649. The van der Waals surface area contributed by atoms with E-state index in [-0.39, 0.29) is 18.0 Å². The van der Waals surface area contributed by atoms with Crippen LogP contribution < -0.4 is 5.73 Å². The monoisotopic (exact) mass is 296 g/mol. The molecule has 1 aliphatic rings. The van der Waals surface area contributed by atoms with E-state index in [9.17, 15) is 13.2 Å². The Morgan fingerprint density at radius 3 is 2.81 bits per heavy atom. The van der Waals surface area contributed by atoms with Crippen LogP contribution in [0.15, 0.2) is 28.7 Å². The number of hydrogen-bond acceptors (Lipinski definition) is 3. The van der Waals surface area contributed by atoms with Crippen molar-refractivity contribution >= 4 is 0 Å². The van der Waals surface area contributed by atoms with Crippen LogP contribution in [0.3, 0.4) is 0 Å². The topological polar surface area (TPSA) is 52.0 Å². The molecule has 0 aliphatic heterocycles. The maximum atomic E-state index is 13.0. The Hall–Kier alpha value is -1.82. The van der Waals surface area contributed by atoms with Gasteiger partial charge in [0.1, 0.15) is 5.76 Å². The summed E-state index contributed by atoms with van der Waals surface area (Å²) in [5, 5.41) is 0. The quantitative estimate of drug-likeness (QED) is 0.926. The van der Waals surface area contributed by atoms with Gasteiger partial charge in [-0.1, -0.05) is 18.2 Å². The highest BCUT2D eigenvalue weighted by atomic mass is 19.4. The molecule has 0 saturated carbocycles. The number of benzene rings is 1. The van der Waals surface area contributed by atoms with E-state index in [0.29, 0.717) is 18.7 Å². The number of nitrogens with zero attached hydrogens (tertiary/aromatic N) is 1. The molecule has 0 spiro atoms. The van der Waals surface area contributed by atoms with Crippen molar-refractivity contribution in [2.75, 3.05) is 0 Å². The lowest BCUT2D eigenvalue weighted by molar-refractivity contribution is -0.138. The molecule has 1 aromatic carbocycles. The van der Waals surface area contributed by atoms with Gasteiger partial charge in [-0.3, -0.25) is 0 Å². The molecule has 2 aromatic rings. The van der Waals surface area contributed by atoms with Gasteiger partial charge in [-0.15, -0.1) is 0 Å². The van der Waals surface area contributed by atoms with Crippen molar-refractivity contribution in [2.24, 2.45) is 5.73 Å². The van der Waals surface area contributed by atoms with Crippen LogP contribution in [-0.4, -0.2) is 11.0 Å². The molecule has 0 bridgehead atoms. The minimum atomic E-state index is -4.37. The maximum absolute atomic E-state index is 13.0. The van der Waals surface area contributed by atoms with Crippen LogP contribution in [0.2, 0.25) is 0 Å². The second kappa shape index (κ2) is 5.18. The number of aryl methyl sites for hydroxylation is 1. The fourth-order valence-corrected chi connectivity index (χ4v) is 2.65. The van der Waals surface area contributed by atoms with E-state index in [1.165, 1.54) is 12.1 Å². The third-order valence-electron chi connectivity index (χ3n) is 3.68. The standard InChI is InChI=1S/C15H15F3N2O/c16-15(17,18)11-4-2-1-3-9(11)7-14-20-12-8-10(19)5-6-13(12)21-14/h1-4,10H,5-8,19H2. The van der Waals surface area contributed by atoms with Gasteiger partial charge >= 0.3 is 6.18 Å². The van der Waals surface area contributed by atoms with Crippen LogP contribution in [0, 0.1) is 0 Å². The number of aromatic nitrogens is 1. The lowest BCUT2D eigenvalue weighted by Crippen LogP contribution is -2.27. The van der Waals surface area contributed by atoms with Gasteiger partial charge in [-0.25, -0.2) is 4.98 Å². The van der Waals surface area contributed by atoms with E-state index in [1.54, 1.807) is 6.07 Å². The summed E-state index contributed by atoms with van der Waals surface area (Å²) >= 11 is 0. The maximum Gasteiger partial charge on any atom is 0.416 e. The summed E-state index contributed by atoms with van der Waals surface area (Å²) in [5.74, 6) is 1.09. The van der Waals surface area contributed by atoms with Gasteiger partial charge in [0.05, 0.1) is 11.3 Å². The van der Waals surface area contributed by atoms with E-state index in [2.05, 4.69) is 4.98 Å². The molecule has 21 heavy (non-hydrogen) atoms. The molecule has 1 heterocycles. The first-order chi connectivity index (χ1) is 9.93. The van der Waals surface area contributed by atoms with E-state index in [4.69, 9.17) is 10.2 Å². The van der Waals surface area contributed by atoms with Crippen LogP contribution in [0.1, 0.15) is 34.9 Å². The van der Waals surface area contributed by atoms with Crippen molar-refractivity contribution in [3.05, 3.63) is 52.7 Å². The molecule has 0 amide bonds. The Morgan fingerprint density at radius 2 is 2.05 bits per heavy atom. The number of alkyl halides is 3. The molecule has 1 unspecified atom stereocenters. The highest BCUT2D eigenvalue weighted by Gasteiger charge is 2.33. The number of rotatable bonds is 2. The second-order valence-electron chi connectivity index (χ2n) is 5.31. The van der Waals surface area contributed by atoms with E-state index in [0.717, 1.165) is 23.9 Å². The van der Waals surface area contributed by atoms with Crippen molar-refractivity contribution in [1.82, 2.24) is 4.98 Å². The van der Waals surface area contributed by atoms with Gasteiger partial charge in [-0.05, 0) is 18.1 Å². The highest BCUT2D eigenvalue weighted by Crippen LogP contribution is 2.33. The normalized spacial score (nSPS) is 18.6. The molecule has 1 aromatic heterocycles. The number of nitrogens with two attached hydrogens (primary N) is 1. The Labute approximate surface area is 120 Å². The second-order valence-corrected chi connectivity index (χ2v) is 5.31. The number of hydrogen-bond donors (Lipinski definition) is 1. The van der Waals surface area contributed by atoms with Gasteiger partial charge < -0.3 is 10.2 Å². The molecule has 0 radical (unpaired) electrons. The minimum absolute atomic E-state index is 0.0396. The van der Waals surface area contributed by atoms with Crippen LogP contribution in [0.4, 0.5) is 13.2 Å². The van der Waals surface area contributed by atoms with Crippen LogP contribution in [0.25, 0.3) is 0 Å². The average Bonchev–Trinajstić information content (AvgIpc) is 2.79. The Morgan fingerprint density at radius 1 is 1.29 bits per heavy atom. The van der Waals surface area contributed by atoms with Gasteiger partial charge in [-0.2, -0.15) is 13.2 Å². The molecule has 6 heteroatoms. The van der Waals surface area contributed by atoms with E-state index >= 15 is 0 Å². The summed E-state index contributed by atoms with van der Waals surface area (Å²) in [4.78, 5) is 4.31. The zero-order chi connectivity index (χ0) is 15.0. The predicted octanol–water partition coefficient (Wildman–Crippen LogP) is 3.10. The lowest BCUT2D eigenvalue weighted by atomic mass is 9.98. The number of halogens is 3. The zero-order valence-corrected chi connectivity index (χ0v) is 11.3. The van der Waals surface area contributed by atoms with E-state index in [1.807, 2.05) is 0 Å². The molecule has 2 N–H and O–H groups in total. The fraction of sp³-hybridized carbons (Fsp3) is 0.400. The van der Waals surface area contributed by atoms with Crippen molar-refractivity contribution in [3.63, 3.8) is 0 Å².